The number of aromatic nitrogens is 2. The predicted octanol–water partition coefficient (Wildman–Crippen LogP) is 5.94. The van der Waals surface area contributed by atoms with Crippen LogP contribution in [-0.4, -0.2) is 28.3 Å². The van der Waals surface area contributed by atoms with Gasteiger partial charge in [-0.05, 0) is 25.0 Å². The molecule has 3 rings (SSSR count). The van der Waals surface area contributed by atoms with Crippen molar-refractivity contribution in [3.63, 3.8) is 0 Å². The summed E-state index contributed by atoms with van der Waals surface area (Å²) in [6.45, 7) is 5.07. The van der Waals surface area contributed by atoms with Crippen molar-refractivity contribution in [1.29, 1.82) is 0 Å². The number of oxime groups is 1. The van der Waals surface area contributed by atoms with Crippen molar-refractivity contribution in [2.75, 3.05) is 11.4 Å². The summed E-state index contributed by atoms with van der Waals surface area (Å²) in [4.78, 5) is 16.5. The molecule has 0 spiro atoms. The minimum absolute atomic E-state index is 0.113. The molecule has 1 saturated heterocycles. The Bertz CT molecular complexity index is 880. The van der Waals surface area contributed by atoms with Crippen LogP contribution in [0.25, 0.3) is 0 Å². The number of hydrogen-bond acceptors (Lipinski definition) is 5. The Balaban J connectivity index is 1.69. The van der Waals surface area contributed by atoms with Gasteiger partial charge in [0.15, 0.2) is 5.82 Å². The van der Waals surface area contributed by atoms with E-state index < -0.39 is 0 Å². The molecule has 5 nitrogen and oxygen atoms in total. The van der Waals surface area contributed by atoms with E-state index >= 15 is 0 Å². The lowest BCUT2D eigenvalue weighted by atomic mass is 9.96. The van der Waals surface area contributed by atoms with Crippen molar-refractivity contribution in [1.82, 2.24) is 9.97 Å². The van der Waals surface area contributed by atoms with Crippen LogP contribution in [0, 0.1) is 5.82 Å². The molecule has 1 unspecified atom stereocenters. The summed E-state index contributed by atoms with van der Waals surface area (Å²) in [6, 6.07) is 5.17. The lowest BCUT2D eigenvalue weighted by molar-refractivity contribution is 0.126. The van der Waals surface area contributed by atoms with Gasteiger partial charge in [0.05, 0.1) is 11.4 Å². The fraction of sp³-hybridized carbons (Fsp3) is 0.476. The van der Waals surface area contributed by atoms with Gasteiger partial charge in [-0.3, -0.25) is 0 Å². The number of anilines is 1. The van der Waals surface area contributed by atoms with Crippen molar-refractivity contribution in [3.05, 3.63) is 51.1 Å². The molecule has 0 bridgehead atoms. The quantitative estimate of drug-likeness (QED) is 0.458. The molecular weight excluding hydrogens is 459 g/mol. The summed E-state index contributed by atoms with van der Waals surface area (Å²) in [5, 5.41) is 4.94. The van der Waals surface area contributed by atoms with Crippen LogP contribution in [0.3, 0.4) is 0 Å². The molecule has 1 aromatic heterocycles. The first-order chi connectivity index (χ1) is 14.0. The van der Waals surface area contributed by atoms with Crippen molar-refractivity contribution in [2.24, 2.45) is 5.16 Å². The number of hydrogen-bond donors (Lipinski definition) is 0. The molecule has 156 valence electrons. The minimum Gasteiger partial charge on any atom is -0.391 e. The van der Waals surface area contributed by atoms with E-state index in [1.807, 2.05) is 6.92 Å². The van der Waals surface area contributed by atoms with Crippen molar-refractivity contribution >= 4 is 39.1 Å². The lowest BCUT2D eigenvalue weighted by Crippen LogP contribution is -2.43. The Morgan fingerprint density at radius 1 is 1.34 bits per heavy atom. The van der Waals surface area contributed by atoms with Crippen molar-refractivity contribution in [3.8, 4) is 0 Å². The average molecular weight is 484 g/mol. The molecule has 1 aliphatic rings. The highest BCUT2D eigenvalue weighted by Crippen LogP contribution is 2.32. The number of piperidine rings is 1. The normalized spacial score (nSPS) is 18.3. The molecule has 1 atom stereocenters. The van der Waals surface area contributed by atoms with Crippen LogP contribution in [0.1, 0.15) is 50.8 Å². The second kappa shape index (κ2) is 10.3. The summed E-state index contributed by atoms with van der Waals surface area (Å²) in [5.41, 5.74) is 2.34. The standard InChI is InChI=1S/C21H25BrClFN4O/c1-3-5-17-11-16(27-29-12-14-6-7-15(22)10-18(14)24)8-9-28(17)21-20(23)19(4-2)25-13-26-21/h6-7,10,13,17H,3-5,8-9,11-12H2,1-2H3/b27-16-. The molecule has 29 heavy (non-hydrogen) atoms. The Kier molecular flexibility index (Phi) is 7.84. The largest absolute Gasteiger partial charge is 0.391 e. The molecule has 0 amide bonds. The van der Waals surface area contributed by atoms with E-state index in [-0.39, 0.29) is 18.5 Å². The highest BCUT2D eigenvalue weighted by Gasteiger charge is 2.29. The predicted molar refractivity (Wildman–Crippen MR) is 118 cm³/mol. The summed E-state index contributed by atoms with van der Waals surface area (Å²) in [6.07, 6.45) is 5.94. The molecule has 2 aromatic rings. The molecule has 0 radical (unpaired) electrons. The van der Waals surface area contributed by atoms with Gasteiger partial charge < -0.3 is 9.74 Å². The second-order valence-electron chi connectivity index (χ2n) is 7.07. The Morgan fingerprint density at radius 3 is 2.90 bits per heavy atom. The molecule has 1 fully saturated rings. The molecule has 0 aliphatic carbocycles. The third-order valence-electron chi connectivity index (χ3n) is 5.05. The molecule has 2 heterocycles. The summed E-state index contributed by atoms with van der Waals surface area (Å²) < 4.78 is 14.6. The average Bonchev–Trinajstić information content (AvgIpc) is 2.71. The van der Waals surface area contributed by atoms with E-state index in [0.29, 0.717) is 15.1 Å². The Labute approximate surface area is 184 Å². The van der Waals surface area contributed by atoms with Crippen LogP contribution in [0.2, 0.25) is 5.02 Å². The molecule has 8 heteroatoms. The summed E-state index contributed by atoms with van der Waals surface area (Å²) in [7, 11) is 0. The molecular formula is C21H25BrClFN4O. The Morgan fingerprint density at radius 2 is 2.17 bits per heavy atom. The third-order valence-corrected chi connectivity index (χ3v) is 5.93. The minimum atomic E-state index is -0.302. The highest BCUT2D eigenvalue weighted by molar-refractivity contribution is 9.10. The summed E-state index contributed by atoms with van der Waals surface area (Å²) in [5.74, 6) is 0.497. The van der Waals surface area contributed by atoms with Crippen LogP contribution in [0.5, 0.6) is 0 Å². The molecule has 0 saturated carbocycles. The maximum Gasteiger partial charge on any atom is 0.151 e. The van der Waals surface area contributed by atoms with Crippen molar-refractivity contribution < 1.29 is 9.23 Å². The molecule has 0 N–H and O–H groups in total. The van der Waals surface area contributed by atoms with E-state index in [4.69, 9.17) is 16.4 Å². The fourth-order valence-electron chi connectivity index (χ4n) is 3.54. The van der Waals surface area contributed by atoms with Crippen LogP contribution >= 0.6 is 27.5 Å². The monoisotopic (exact) mass is 482 g/mol. The van der Waals surface area contributed by atoms with Crippen LogP contribution in [0.15, 0.2) is 34.2 Å². The summed E-state index contributed by atoms with van der Waals surface area (Å²) >= 11 is 9.82. The zero-order valence-corrected chi connectivity index (χ0v) is 19.0. The van der Waals surface area contributed by atoms with Gasteiger partial charge >= 0.3 is 0 Å². The highest BCUT2D eigenvalue weighted by atomic mass is 79.9. The van der Waals surface area contributed by atoms with E-state index in [0.717, 1.165) is 55.9 Å². The Hall–Kier alpha value is -1.73. The zero-order valence-electron chi connectivity index (χ0n) is 16.7. The van der Waals surface area contributed by atoms with E-state index in [9.17, 15) is 4.39 Å². The number of benzene rings is 1. The van der Waals surface area contributed by atoms with Gasteiger partial charge in [-0.1, -0.05) is 59.0 Å². The van der Waals surface area contributed by atoms with Gasteiger partial charge in [-0.25, -0.2) is 14.4 Å². The van der Waals surface area contributed by atoms with Crippen molar-refractivity contribution in [2.45, 2.75) is 58.6 Å². The first kappa shape index (κ1) is 22.0. The SMILES string of the molecule is CCCC1C/C(=N\OCc2ccc(Br)cc2F)CCN1c1ncnc(CC)c1Cl. The fourth-order valence-corrected chi connectivity index (χ4v) is 4.22. The topological polar surface area (TPSA) is 50.6 Å². The van der Waals surface area contributed by atoms with E-state index in [1.165, 1.54) is 6.07 Å². The molecule has 1 aromatic carbocycles. The number of halogens is 3. The van der Waals surface area contributed by atoms with Crippen LogP contribution < -0.4 is 4.90 Å². The van der Waals surface area contributed by atoms with Crippen LogP contribution in [-0.2, 0) is 17.9 Å². The second-order valence-corrected chi connectivity index (χ2v) is 8.36. The van der Waals surface area contributed by atoms with E-state index in [1.54, 1.807) is 18.5 Å². The molecule has 1 aliphatic heterocycles. The smallest absolute Gasteiger partial charge is 0.151 e. The van der Waals surface area contributed by atoms with Gasteiger partial charge in [-0.2, -0.15) is 0 Å². The van der Waals surface area contributed by atoms with Gasteiger partial charge in [0.25, 0.3) is 0 Å². The maximum absolute atomic E-state index is 13.9. The number of rotatable bonds is 7. The first-order valence-electron chi connectivity index (χ1n) is 9.91. The van der Waals surface area contributed by atoms with Gasteiger partial charge in [0.2, 0.25) is 0 Å². The van der Waals surface area contributed by atoms with Gasteiger partial charge in [0.1, 0.15) is 23.8 Å². The zero-order chi connectivity index (χ0) is 20.8. The number of aryl methyl sites for hydroxylation is 1. The lowest BCUT2D eigenvalue weighted by Gasteiger charge is -2.37. The van der Waals surface area contributed by atoms with Gasteiger partial charge in [-0.15, -0.1) is 0 Å². The first-order valence-corrected chi connectivity index (χ1v) is 11.1. The van der Waals surface area contributed by atoms with Crippen LogP contribution in [0.4, 0.5) is 10.2 Å². The van der Waals surface area contributed by atoms with Gasteiger partial charge in [0, 0.05) is 35.5 Å². The number of nitrogens with zero attached hydrogens (tertiary/aromatic N) is 4. The van der Waals surface area contributed by atoms with E-state index in [2.05, 4.69) is 42.9 Å². The third kappa shape index (κ3) is 5.45. The maximum atomic E-state index is 13.9.